The molecule has 0 aliphatic carbocycles. The fourth-order valence-electron chi connectivity index (χ4n) is 3.73. The summed E-state index contributed by atoms with van der Waals surface area (Å²) in [4.78, 5) is 17.9. The van der Waals surface area contributed by atoms with Crippen molar-refractivity contribution in [3.63, 3.8) is 0 Å². The monoisotopic (exact) mass is 519 g/mol. The average Bonchev–Trinajstić information content (AvgIpc) is 3.32. The predicted molar refractivity (Wildman–Crippen MR) is 134 cm³/mol. The van der Waals surface area contributed by atoms with E-state index < -0.39 is 0 Å². The molecule has 7 nitrogen and oxygen atoms in total. The van der Waals surface area contributed by atoms with Gasteiger partial charge in [-0.15, -0.1) is 0 Å². The van der Waals surface area contributed by atoms with Crippen molar-refractivity contribution in [2.75, 3.05) is 6.79 Å². The average molecular weight is 520 g/mol. The smallest absolute Gasteiger partial charge is 0.282 e. The molecular weight excluding hydrogens is 498 g/mol. The van der Waals surface area contributed by atoms with Gasteiger partial charge in [0.25, 0.3) is 5.56 Å². The van der Waals surface area contributed by atoms with Crippen LogP contribution in [0.15, 0.2) is 75.0 Å². The predicted octanol–water partition coefficient (Wildman–Crippen LogP) is 5.30. The second-order valence-corrected chi connectivity index (χ2v) is 8.73. The Morgan fingerprint density at radius 1 is 1.12 bits per heavy atom. The number of para-hydroxylation sites is 1. The number of halogens is 1. The third-order valence-electron chi connectivity index (χ3n) is 5.41. The molecule has 0 N–H and O–H groups in total. The van der Waals surface area contributed by atoms with E-state index >= 15 is 0 Å². The van der Waals surface area contributed by atoms with Crippen LogP contribution in [0.3, 0.4) is 0 Å². The molecule has 172 valence electrons. The highest BCUT2D eigenvalue weighted by Crippen LogP contribution is 2.33. The first-order valence-corrected chi connectivity index (χ1v) is 11.8. The SMILES string of the molecule is CCCc1nc2ccc(Br)cc2c(=O)n1N=Cc1ccccc1OCc1ccc2c(c1)OCO2. The summed E-state index contributed by atoms with van der Waals surface area (Å²) in [6.45, 7) is 2.64. The van der Waals surface area contributed by atoms with E-state index in [1.807, 2.05) is 61.5 Å². The summed E-state index contributed by atoms with van der Waals surface area (Å²) in [5.41, 5.74) is 2.17. The van der Waals surface area contributed by atoms with Crippen LogP contribution in [0, 0.1) is 0 Å². The molecule has 4 aromatic rings. The van der Waals surface area contributed by atoms with E-state index in [0.29, 0.717) is 41.3 Å². The lowest BCUT2D eigenvalue weighted by molar-refractivity contribution is 0.174. The molecule has 3 aromatic carbocycles. The van der Waals surface area contributed by atoms with Gasteiger partial charge in [-0.2, -0.15) is 9.78 Å². The van der Waals surface area contributed by atoms with E-state index in [1.165, 1.54) is 4.68 Å². The van der Waals surface area contributed by atoms with Crippen LogP contribution >= 0.6 is 15.9 Å². The zero-order valence-electron chi connectivity index (χ0n) is 18.5. The summed E-state index contributed by atoms with van der Waals surface area (Å²) in [5, 5.41) is 5.03. The lowest BCUT2D eigenvalue weighted by Crippen LogP contribution is -2.22. The van der Waals surface area contributed by atoms with Crippen molar-refractivity contribution >= 4 is 33.0 Å². The van der Waals surface area contributed by atoms with Gasteiger partial charge in [-0.25, -0.2) is 4.98 Å². The van der Waals surface area contributed by atoms with E-state index in [0.717, 1.165) is 27.8 Å². The molecule has 2 heterocycles. The highest BCUT2D eigenvalue weighted by atomic mass is 79.9. The van der Waals surface area contributed by atoms with Crippen LogP contribution in [-0.2, 0) is 13.0 Å². The molecule has 0 bridgehead atoms. The third-order valence-corrected chi connectivity index (χ3v) is 5.90. The van der Waals surface area contributed by atoms with E-state index in [4.69, 9.17) is 14.2 Å². The number of rotatable bonds is 7. The van der Waals surface area contributed by atoms with Crippen LogP contribution in [0.5, 0.6) is 17.2 Å². The summed E-state index contributed by atoms with van der Waals surface area (Å²) < 4.78 is 19.1. The van der Waals surface area contributed by atoms with Gasteiger partial charge >= 0.3 is 0 Å². The van der Waals surface area contributed by atoms with Crippen LogP contribution in [0.1, 0.15) is 30.3 Å². The van der Waals surface area contributed by atoms with Crippen molar-refractivity contribution in [2.24, 2.45) is 5.10 Å². The number of fused-ring (bicyclic) bond motifs is 2. The van der Waals surface area contributed by atoms with Gasteiger partial charge in [0, 0.05) is 16.5 Å². The van der Waals surface area contributed by atoms with Gasteiger partial charge in [-0.3, -0.25) is 4.79 Å². The highest BCUT2D eigenvalue weighted by Gasteiger charge is 2.14. The Bertz CT molecular complexity index is 1450. The summed E-state index contributed by atoms with van der Waals surface area (Å²) in [5.74, 6) is 2.73. The van der Waals surface area contributed by atoms with Crippen molar-refractivity contribution in [1.82, 2.24) is 9.66 Å². The van der Waals surface area contributed by atoms with Crippen LogP contribution in [0.25, 0.3) is 10.9 Å². The zero-order valence-corrected chi connectivity index (χ0v) is 20.1. The fraction of sp³-hybridized carbons (Fsp3) is 0.192. The number of hydrogen-bond acceptors (Lipinski definition) is 6. The minimum Gasteiger partial charge on any atom is -0.488 e. The molecule has 1 aliphatic rings. The van der Waals surface area contributed by atoms with Gasteiger partial charge in [0.2, 0.25) is 6.79 Å². The Morgan fingerprint density at radius 2 is 1.97 bits per heavy atom. The van der Waals surface area contributed by atoms with Crippen molar-refractivity contribution in [3.05, 3.63) is 92.4 Å². The highest BCUT2D eigenvalue weighted by molar-refractivity contribution is 9.10. The first-order valence-electron chi connectivity index (χ1n) is 11.0. The van der Waals surface area contributed by atoms with Crippen LogP contribution in [0.2, 0.25) is 0 Å². The van der Waals surface area contributed by atoms with Crippen molar-refractivity contribution in [2.45, 2.75) is 26.4 Å². The summed E-state index contributed by atoms with van der Waals surface area (Å²) in [6.07, 6.45) is 3.13. The number of nitrogens with zero attached hydrogens (tertiary/aromatic N) is 3. The second kappa shape index (κ2) is 9.69. The quantitative estimate of drug-likeness (QED) is 0.309. The molecule has 0 atom stereocenters. The molecule has 34 heavy (non-hydrogen) atoms. The topological polar surface area (TPSA) is 74.9 Å². The molecule has 1 aliphatic heterocycles. The molecule has 0 amide bonds. The molecule has 0 radical (unpaired) electrons. The van der Waals surface area contributed by atoms with Crippen molar-refractivity contribution in [1.29, 1.82) is 0 Å². The minimum atomic E-state index is -0.204. The molecular formula is C26H22BrN3O4. The van der Waals surface area contributed by atoms with Gasteiger partial charge in [0.15, 0.2) is 11.5 Å². The van der Waals surface area contributed by atoms with Crippen LogP contribution in [-0.4, -0.2) is 22.7 Å². The van der Waals surface area contributed by atoms with Gasteiger partial charge in [0.1, 0.15) is 18.2 Å². The molecule has 0 spiro atoms. The Hall–Kier alpha value is -3.65. The number of aryl methyl sites for hydroxylation is 1. The summed E-state index contributed by atoms with van der Waals surface area (Å²) in [7, 11) is 0. The van der Waals surface area contributed by atoms with Gasteiger partial charge in [-0.05, 0) is 54.4 Å². The first kappa shape index (κ1) is 22.2. The lowest BCUT2D eigenvalue weighted by atomic mass is 10.2. The largest absolute Gasteiger partial charge is 0.488 e. The first-order chi connectivity index (χ1) is 16.6. The molecule has 0 fully saturated rings. The molecule has 0 saturated carbocycles. The maximum atomic E-state index is 13.2. The van der Waals surface area contributed by atoms with Gasteiger partial charge in [0.05, 0.1) is 17.1 Å². The minimum absolute atomic E-state index is 0.204. The Labute approximate surface area is 204 Å². The summed E-state index contributed by atoms with van der Waals surface area (Å²) >= 11 is 3.43. The number of aromatic nitrogens is 2. The summed E-state index contributed by atoms with van der Waals surface area (Å²) in [6, 6.07) is 18.8. The van der Waals surface area contributed by atoms with Crippen molar-refractivity contribution in [3.8, 4) is 17.2 Å². The van der Waals surface area contributed by atoms with E-state index in [1.54, 1.807) is 12.3 Å². The molecule has 1 aromatic heterocycles. The molecule has 0 unspecified atom stereocenters. The fourth-order valence-corrected chi connectivity index (χ4v) is 4.09. The number of ether oxygens (including phenoxy) is 3. The maximum Gasteiger partial charge on any atom is 0.282 e. The second-order valence-electron chi connectivity index (χ2n) is 7.82. The van der Waals surface area contributed by atoms with Gasteiger partial charge < -0.3 is 14.2 Å². The normalized spacial score (nSPS) is 12.5. The Morgan fingerprint density at radius 3 is 2.85 bits per heavy atom. The molecule has 0 saturated heterocycles. The van der Waals surface area contributed by atoms with E-state index in [9.17, 15) is 4.79 Å². The van der Waals surface area contributed by atoms with Crippen molar-refractivity contribution < 1.29 is 14.2 Å². The maximum absolute atomic E-state index is 13.2. The Kier molecular flexibility index (Phi) is 6.31. The van der Waals surface area contributed by atoms with Crippen LogP contribution in [0.4, 0.5) is 0 Å². The zero-order chi connectivity index (χ0) is 23.5. The van der Waals surface area contributed by atoms with Crippen LogP contribution < -0.4 is 19.8 Å². The molecule has 8 heteroatoms. The van der Waals surface area contributed by atoms with Gasteiger partial charge in [-0.1, -0.05) is 41.1 Å². The third kappa shape index (κ3) is 4.54. The van der Waals surface area contributed by atoms with E-state index in [2.05, 4.69) is 26.0 Å². The number of benzene rings is 3. The number of hydrogen-bond donors (Lipinski definition) is 0. The Balaban J connectivity index is 1.44. The van der Waals surface area contributed by atoms with E-state index in [-0.39, 0.29) is 12.4 Å². The molecule has 5 rings (SSSR count). The standard InChI is InChI=1S/C26H22BrN3O4/c1-2-5-25-29-21-10-9-19(27)13-20(21)26(31)30(25)28-14-18-6-3-4-7-22(18)32-15-17-8-11-23-24(12-17)34-16-33-23/h3-4,6-14H,2,5,15-16H2,1H3. The lowest BCUT2D eigenvalue weighted by Gasteiger charge is -2.11.